The van der Waals surface area contributed by atoms with Crippen molar-refractivity contribution in [2.75, 3.05) is 19.8 Å². The Morgan fingerprint density at radius 3 is 2.00 bits per heavy atom. The number of rotatable bonds is 11. The summed E-state index contributed by atoms with van der Waals surface area (Å²) in [5, 5.41) is 18.4. The Bertz CT molecular complexity index is 617. The number of hydrogen-bond acceptors (Lipinski definition) is 6. The van der Waals surface area contributed by atoms with E-state index in [9.17, 15) is 19.5 Å². The molecule has 1 saturated heterocycles. The largest absolute Gasteiger partial charge is 0.481 e. The predicted octanol–water partition coefficient (Wildman–Crippen LogP) is 3.30. The molecule has 9 nitrogen and oxygen atoms in total. The Balaban J connectivity index is 1.56. The SMILES string of the molecule is CC(C)(C)OC(=O)N1C[C@H](OCCCCCCO[C@H]2CC[C@H](C(=O)O)C2)C[C@H]1C(=O)O. The zero-order valence-corrected chi connectivity index (χ0v) is 18.9. The number of aliphatic carboxylic acids is 2. The summed E-state index contributed by atoms with van der Waals surface area (Å²) in [5.41, 5.74) is -0.682. The molecule has 0 radical (unpaired) electrons. The highest BCUT2D eigenvalue weighted by Gasteiger charge is 2.42. The Labute approximate surface area is 184 Å². The van der Waals surface area contributed by atoms with Gasteiger partial charge in [0.05, 0.1) is 24.7 Å². The van der Waals surface area contributed by atoms with Crippen LogP contribution in [-0.2, 0) is 23.8 Å². The molecule has 1 saturated carbocycles. The first-order valence-electron chi connectivity index (χ1n) is 11.2. The molecule has 0 aromatic rings. The van der Waals surface area contributed by atoms with Crippen molar-refractivity contribution in [2.24, 2.45) is 5.92 Å². The maximum Gasteiger partial charge on any atom is 0.411 e. The first-order chi connectivity index (χ1) is 14.6. The number of nitrogens with zero attached hydrogens (tertiary/aromatic N) is 1. The molecule has 0 unspecified atom stereocenters. The number of amides is 1. The third-order valence-corrected chi connectivity index (χ3v) is 5.66. The molecule has 2 fully saturated rings. The monoisotopic (exact) mass is 443 g/mol. The summed E-state index contributed by atoms with van der Waals surface area (Å²) in [4.78, 5) is 36.0. The highest BCUT2D eigenvalue weighted by Crippen LogP contribution is 2.28. The summed E-state index contributed by atoms with van der Waals surface area (Å²) < 4.78 is 16.9. The molecule has 1 amide bonds. The number of carbonyl (C=O) groups excluding carboxylic acids is 1. The number of carboxylic acids is 2. The lowest BCUT2D eigenvalue weighted by atomic mass is 10.1. The van der Waals surface area contributed by atoms with Crippen LogP contribution in [0.15, 0.2) is 0 Å². The molecule has 2 N–H and O–H groups in total. The summed E-state index contributed by atoms with van der Waals surface area (Å²) in [6, 6.07) is -0.923. The van der Waals surface area contributed by atoms with Crippen molar-refractivity contribution in [1.29, 1.82) is 0 Å². The molecule has 178 valence electrons. The van der Waals surface area contributed by atoms with E-state index in [-0.39, 0.29) is 31.1 Å². The maximum atomic E-state index is 12.3. The van der Waals surface area contributed by atoms with Crippen LogP contribution in [0, 0.1) is 5.92 Å². The Kier molecular flexibility index (Phi) is 9.55. The third kappa shape index (κ3) is 8.65. The van der Waals surface area contributed by atoms with E-state index in [0.717, 1.165) is 32.1 Å². The standard InChI is InChI=1S/C22H37NO8/c1-22(2,3)31-21(28)23-14-17(13-18(23)20(26)27)30-11-7-5-4-6-10-29-16-9-8-15(12-16)19(24)25/h15-18H,4-14H2,1-3H3,(H,24,25)(H,26,27)/t15-,16-,17+,18-/m0/s1. The zero-order valence-electron chi connectivity index (χ0n) is 18.9. The third-order valence-electron chi connectivity index (χ3n) is 5.66. The molecule has 0 aromatic heterocycles. The molecule has 31 heavy (non-hydrogen) atoms. The average molecular weight is 444 g/mol. The van der Waals surface area contributed by atoms with Crippen molar-refractivity contribution < 1.29 is 38.8 Å². The van der Waals surface area contributed by atoms with Gasteiger partial charge < -0.3 is 24.4 Å². The number of carboxylic acid groups (broad SMARTS) is 2. The van der Waals surface area contributed by atoms with Gasteiger partial charge in [0.25, 0.3) is 0 Å². The summed E-state index contributed by atoms with van der Waals surface area (Å²) in [6.45, 7) is 6.62. The highest BCUT2D eigenvalue weighted by molar-refractivity contribution is 5.81. The van der Waals surface area contributed by atoms with E-state index in [0.29, 0.717) is 26.1 Å². The molecule has 1 aliphatic carbocycles. The van der Waals surface area contributed by atoms with Crippen LogP contribution >= 0.6 is 0 Å². The van der Waals surface area contributed by atoms with E-state index < -0.39 is 29.7 Å². The number of ether oxygens (including phenoxy) is 3. The second-order valence-corrected chi connectivity index (χ2v) is 9.47. The predicted molar refractivity (Wildman–Crippen MR) is 112 cm³/mol. The van der Waals surface area contributed by atoms with Gasteiger partial charge in [-0.2, -0.15) is 0 Å². The topological polar surface area (TPSA) is 123 Å². The van der Waals surface area contributed by atoms with Crippen LogP contribution in [0.2, 0.25) is 0 Å². The highest BCUT2D eigenvalue weighted by atomic mass is 16.6. The summed E-state index contributed by atoms with van der Waals surface area (Å²) in [6.07, 6.45) is 5.28. The normalized spacial score (nSPS) is 26.2. The van der Waals surface area contributed by atoms with Crippen molar-refractivity contribution in [2.45, 2.75) is 96.0 Å². The quantitative estimate of drug-likeness (QED) is 0.466. The number of likely N-dealkylation sites (tertiary alicyclic amines) is 1. The molecule has 0 spiro atoms. The van der Waals surface area contributed by atoms with Gasteiger partial charge in [-0.3, -0.25) is 9.69 Å². The van der Waals surface area contributed by atoms with E-state index in [2.05, 4.69) is 0 Å². The van der Waals surface area contributed by atoms with Crippen LogP contribution in [-0.4, -0.2) is 76.8 Å². The van der Waals surface area contributed by atoms with Crippen LogP contribution in [0.5, 0.6) is 0 Å². The molecule has 4 atom stereocenters. The lowest BCUT2D eigenvalue weighted by Gasteiger charge is -2.26. The second kappa shape index (κ2) is 11.7. The van der Waals surface area contributed by atoms with Crippen molar-refractivity contribution in [3.05, 3.63) is 0 Å². The van der Waals surface area contributed by atoms with E-state index in [1.165, 1.54) is 4.90 Å². The van der Waals surface area contributed by atoms with Gasteiger partial charge in [-0.15, -0.1) is 0 Å². The summed E-state index contributed by atoms with van der Waals surface area (Å²) in [7, 11) is 0. The smallest absolute Gasteiger partial charge is 0.411 e. The van der Waals surface area contributed by atoms with Crippen LogP contribution < -0.4 is 0 Å². The molecular weight excluding hydrogens is 406 g/mol. The average Bonchev–Trinajstić information content (AvgIpc) is 3.30. The number of unbranched alkanes of at least 4 members (excludes halogenated alkanes) is 3. The minimum Gasteiger partial charge on any atom is -0.481 e. The molecule has 0 aromatic carbocycles. The first-order valence-corrected chi connectivity index (χ1v) is 11.2. The van der Waals surface area contributed by atoms with Crippen molar-refractivity contribution in [1.82, 2.24) is 4.90 Å². The maximum absolute atomic E-state index is 12.3. The first kappa shape index (κ1) is 25.4. The van der Waals surface area contributed by atoms with Gasteiger partial charge in [-0.05, 0) is 52.9 Å². The van der Waals surface area contributed by atoms with Crippen molar-refractivity contribution in [3.63, 3.8) is 0 Å². The molecular formula is C22H37NO8. The summed E-state index contributed by atoms with van der Waals surface area (Å²) >= 11 is 0. The fourth-order valence-electron chi connectivity index (χ4n) is 4.05. The second-order valence-electron chi connectivity index (χ2n) is 9.47. The van der Waals surface area contributed by atoms with Crippen molar-refractivity contribution >= 4 is 18.0 Å². The van der Waals surface area contributed by atoms with Crippen LogP contribution in [0.1, 0.15) is 72.1 Å². The fourth-order valence-corrected chi connectivity index (χ4v) is 4.05. The van der Waals surface area contributed by atoms with Crippen LogP contribution in [0.3, 0.4) is 0 Å². The van der Waals surface area contributed by atoms with E-state index in [1.54, 1.807) is 20.8 Å². The Morgan fingerprint density at radius 1 is 0.871 bits per heavy atom. The number of carbonyl (C=O) groups is 3. The summed E-state index contributed by atoms with van der Waals surface area (Å²) in [5.74, 6) is -2.03. The molecule has 9 heteroatoms. The van der Waals surface area contributed by atoms with Gasteiger partial charge in [-0.1, -0.05) is 12.8 Å². The lowest BCUT2D eigenvalue weighted by molar-refractivity contribution is -0.142. The zero-order chi connectivity index (χ0) is 23.0. The Morgan fingerprint density at radius 2 is 1.48 bits per heavy atom. The van der Waals surface area contributed by atoms with Crippen molar-refractivity contribution in [3.8, 4) is 0 Å². The molecule has 2 aliphatic rings. The number of hydrogen-bond donors (Lipinski definition) is 2. The fraction of sp³-hybridized carbons (Fsp3) is 0.864. The molecule has 1 heterocycles. The van der Waals surface area contributed by atoms with Crippen LogP contribution in [0.4, 0.5) is 4.79 Å². The van der Waals surface area contributed by atoms with Gasteiger partial charge >= 0.3 is 18.0 Å². The van der Waals surface area contributed by atoms with Crippen LogP contribution in [0.25, 0.3) is 0 Å². The Hall–Kier alpha value is -1.87. The van der Waals surface area contributed by atoms with Gasteiger partial charge in [0.2, 0.25) is 0 Å². The molecule has 2 rings (SSSR count). The van der Waals surface area contributed by atoms with Gasteiger partial charge in [0.1, 0.15) is 11.6 Å². The van der Waals surface area contributed by atoms with Gasteiger partial charge in [-0.25, -0.2) is 9.59 Å². The molecule has 1 aliphatic heterocycles. The minimum atomic E-state index is -1.05. The van der Waals surface area contributed by atoms with Gasteiger partial charge in [0.15, 0.2) is 0 Å². The van der Waals surface area contributed by atoms with E-state index >= 15 is 0 Å². The molecule has 0 bridgehead atoms. The van der Waals surface area contributed by atoms with E-state index in [4.69, 9.17) is 19.3 Å². The minimum absolute atomic E-state index is 0.0712. The van der Waals surface area contributed by atoms with E-state index in [1.807, 2.05) is 0 Å². The lowest BCUT2D eigenvalue weighted by Crippen LogP contribution is -2.43. The van der Waals surface area contributed by atoms with Gasteiger partial charge in [0, 0.05) is 19.6 Å².